The number of benzene rings is 2. The summed E-state index contributed by atoms with van der Waals surface area (Å²) in [6.45, 7) is 2.44. The molecule has 0 spiro atoms. The molecule has 2 aromatic carbocycles. The van der Waals surface area contributed by atoms with E-state index >= 15 is 0 Å². The summed E-state index contributed by atoms with van der Waals surface area (Å²) < 4.78 is 7.37. The van der Waals surface area contributed by atoms with E-state index in [2.05, 4.69) is 20.3 Å². The van der Waals surface area contributed by atoms with E-state index < -0.39 is 0 Å². The van der Waals surface area contributed by atoms with E-state index in [1.165, 1.54) is 0 Å². The van der Waals surface area contributed by atoms with Crippen LogP contribution < -0.4 is 5.32 Å². The lowest BCUT2D eigenvalue weighted by Gasteiger charge is -2.25. The summed E-state index contributed by atoms with van der Waals surface area (Å²) in [5, 5.41) is 7.58. The molecule has 162 valence electrons. The van der Waals surface area contributed by atoms with Crippen LogP contribution in [0.15, 0.2) is 83.5 Å². The predicted molar refractivity (Wildman–Crippen MR) is 121 cm³/mol. The topological polar surface area (TPSA) is 76.2 Å². The fourth-order valence-electron chi connectivity index (χ4n) is 4.14. The number of nitrogens with one attached hydrogen (secondary N) is 1. The number of hydrogen-bond donors (Lipinski definition) is 1. The molecule has 0 radical (unpaired) electrons. The van der Waals surface area contributed by atoms with Gasteiger partial charge in [-0.05, 0) is 50.2 Å². The van der Waals surface area contributed by atoms with Crippen LogP contribution >= 0.6 is 0 Å². The van der Waals surface area contributed by atoms with Gasteiger partial charge in [0.15, 0.2) is 5.82 Å². The summed E-state index contributed by atoms with van der Waals surface area (Å²) in [5.41, 5.74) is 1.75. The Morgan fingerprint density at radius 3 is 2.38 bits per heavy atom. The predicted octanol–water partition coefficient (Wildman–Crippen LogP) is 4.09. The number of carbonyl (C=O) groups excluding carboxylic acids is 1. The quantitative estimate of drug-likeness (QED) is 0.481. The monoisotopic (exact) mass is 427 g/mol. The first kappa shape index (κ1) is 20.2. The molecule has 1 N–H and O–H groups in total. The molecule has 1 saturated heterocycles. The standard InChI is InChI=1S/C25H25N5O2/c31-25(26-18-21(22-14-9-17-32-22)29-15-7-8-16-29)23-27-24(19-10-3-1-4-11-19)30(28-23)20-12-5-2-6-13-20/h1-6,9-14,17,21H,7-8,15-16,18H2,(H,26,31)/t21-/m1/s1. The normalized spacial score (nSPS) is 15.0. The van der Waals surface area contributed by atoms with Gasteiger partial charge in [0.05, 0.1) is 18.0 Å². The average Bonchev–Trinajstić information content (AvgIpc) is 3.63. The van der Waals surface area contributed by atoms with Crippen LogP contribution in [0.2, 0.25) is 0 Å². The fraction of sp³-hybridized carbons (Fsp3) is 0.240. The van der Waals surface area contributed by atoms with Gasteiger partial charge in [0.1, 0.15) is 5.76 Å². The van der Waals surface area contributed by atoms with Gasteiger partial charge in [0.2, 0.25) is 5.82 Å². The van der Waals surface area contributed by atoms with Crippen LogP contribution in [0.5, 0.6) is 0 Å². The molecular weight excluding hydrogens is 402 g/mol. The number of amides is 1. The summed E-state index contributed by atoms with van der Waals surface area (Å²) >= 11 is 0. The summed E-state index contributed by atoms with van der Waals surface area (Å²) in [5.74, 6) is 1.34. The van der Waals surface area contributed by atoms with Crippen LogP contribution in [0, 0.1) is 0 Å². The number of likely N-dealkylation sites (tertiary alicyclic amines) is 1. The van der Waals surface area contributed by atoms with E-state index in [9.17, 15) is 4.79 Å². The van der Waals surface area contributed by atoms with E-state index in [4.69, 9.17) is 4.42 Å². The summed E-state index contributed by atoms with van der Waals surface area (Å²) in [6.07, 6.45) is 4.00. The highest BCUT2D eigenvalue weighted by atomic mass is 16.3. The largest absolute Gasteiger partial charge is 0.468 e. The van der Waals surface area contributed by atoms with Crippen LogP contribution in [-0.4, -0.2) is 45.2 Å². The van der Waals surface area contributed by atoms with Crippen molar-refractivity contribution in [2.45, 2.75) is 18.9 Å². The lowest BCUT2D eigenvalue weighted by atomic mass is 10.2. The molecule has 1 amide bonds. The number of carbonyl (C=O) groups is 1. The molecule has 32 heavy (non-hydrogen) atoms. The van der Waals surface area contributed by atoms with Gasteiger partial charge in [-0.25, -0.2) is 9.67 Å². The third-order valence-electron chi connectivity index (χ3n) is 5.75. The maximum absolute atomic E-state index is 13.1. The van der Waals surface area contributed by atoms with E-state index in [0.717, 1.165) is 42.9 Å². The molecule has 7 heteroatoms. The Morgan fingerprint density at radius 2 is 1.69 bits per heavy atom. The van der Waals surface area contributed by atoms with Gasteiger partial charge in [-0.2, -0.15) is 0 Å². The second kappa shape index (κ2) is 9.20. The van der Waals surface area contributed by atoms with E-state index in [0.29, 0.717) is 12.4 Å². The Labute approximate surface area is 186 Å². The highest BCUT2D eigenvalue weighted by Gasteiger charge is 2.27. The molecule has 0 unspecified atom stereocenters. The third-order valence-corrected chi connectivity index (χ3v) is 5.75. The Kier molecular flexibility index (Phi) is 5.81. The molecular formula is C25H25N5O2. The molecule has 0 aliphatic carbocycles. The first-order valence-corrected chi connectivity index (χ1v) is 10.9. The van der Waals surface area contributed by atoms with Gasteiger partial charge in [-0.15, -0.1) is 5.10 Å². The zero-order valence-corrected chi connectivity index (χ0v) is 17.7. The van der Waals surface area contributed by atoms with Crippen molar-refractivity contribution >= 4 is 5.91 Å². The van der Waals surface area contributed by atoms with Crippen LogP contribution in [0.1, 0.15) is 35.3 Å². The van der Waals surface area contributed by atoms with Gasteiger partial charge in [-0.1, -0.05) is 48.5 Å². The Morgan fingerprint density at radius 1 is 0.969 bits per heavy atom. The summed E-state index contributed by atoms with van der Waals surface area (Å²) in [6, 6.07) is 23.3. The van der Waals surface area contributed by atoms with Gasteiger partial charge < -0.3 is 9.73 Å². The van der Waals surface area contributed by atoms with Crippen LogP contribution in [0.25, 0.3) is 17.1 Å². The van der Waals surface area contributed by atoms with Crippen molar-refractivity contribution in [1.82, 2.24) is 25.0 Å². The molecule has 1 fully saturated rings. The van der Waals surface area contributed by atoms with Crippen LogP contribution in [0.3, 0.4) is 0 Å². The number of furan rings is 1. The highest BCUT2D eigenvalue weighted by molar-refractivity contribution is 5.91. The fourth-order valence-corrected chi connectivity index (χ4v) is 4.14. The number of aromatic nitrogens is 3. The van der Waals surface area contributed by atoms with E-state index in [1.54, 1.807) is 10.9 Å². The van der Waals surface area contributed by atoms with Crippen LogP contribution in [0.4, 0.5) is 0 Å². The third kappa shape index (κ3) is 4.20. The van der Waals surface area contributed by atoms with Gasteiger partial charge >= 0.3 is 0 Å². The summed E-state index contributed by atoms with van der Waals surface area (Å²) in [7, 11) is 0. The SMILES string of the molecule is O=C(NC[C@H](c1ccco1)N1CCCC1)c1nc(-c2ccccc2)n(-c2ccccc2)n1. The van der Waals surface area contributed by atoms with Crippen molar-refractivity contribution in [1.29, 1.82) is 0 Å². The molecule has 0 bridgehead atoms. The molecule has 1 aliphatic rings. The highest BCUT2D eigenvalue weighted by Crippen LogP contribution is 2.25. The van der Waals surface area contributed by atoms with Crippen molar-refractivity contribution in [2.24, 2.45) is 0 Å². The minimum Gasteiger partial charge on any atom is -0.468 e. The number of nitrogens with zero attached hydrogens (tertiary/aromatic N) is 4. The molecule has 0 saturated carbocycles. The Hall–Kier alpha value is -3.71. The van der Waals surface area contributed by atoms with Crippen molar-refractivity contribution < 1.29 is 9.21 Å². The van der Waals surface area contributed by atoms with Gasteiger partial charge in [0, 0.05) is 12.1 Å². The van der Waals surface area contributed by atoms with Crippen molar-refractivity contribution in [3.05, 3.63) is 90.6 Å². The van der Waals surface area contributed by atoms with Crippen molar-refractivity contribution in [3.63, 3.8) is 0 Å². The molecule has 1 aliphatic heterocycles. The zero-order chi connectivity index (χ0) is 21.8. The molecule has 3 heterocycles. The molecule has 1 atom stereocenters. The second-order valence-electron chi connectivity index (χ2n) is 7.86. The van der Waals surface area contributed by atoms with Gasteiger partial charge in [-0.3, -0.25) is 9.69 Å². The Balaban J connectivity index is 1.40. The van der Waals surface area contributed by atoms with Crippen molar-refractivity contribution in [2.75, 3.05) is 19.6 Å². The maximum Gasteiger partial charge on any atom is 0.291 e. The molecule has 2 aromatic heterocycles. The molecule has 5 rings (SSSR count). The minimum atomic E-state index is -0.299. The zero-order valence-electron chi connectivity index (χ0n) is 17.7. The molecule has 4 aromatic rings. The first-order valence-electron chi connectivity index (χ1n) is 10.9. The minimum absolute atomic E-state index is 0.00116. The second-order valence-corrected chi connectivity index (χ2v) is 7.86. The Bertz CT molecular complexity index is 1090. The smallest absolute Gasteiger partial charge is 0.291 e. The van der Waals surface area contributed by atoms with Crippen LogP contribution in [-0.2, 0) is 0 Å². The van der Waals surface area contributed by atoms with Crippen molar-refractivity contribution in [3.8, 4) is 17.1 Å². The molecule has 7 nitrogen and oxygen atoms in total. The lowest BCUT2D eigenvalue weighted by molar-refractivity contribution is 0.0923. The first-order chi connectivity index (χ1) is 15.8. The van der Waals surface area contributed by atoms with Gasteiger partial charge in [0.25, 0.3) is 5.91 Å². The number of rotatable bonds is 7. The van der Waals surface area contributed by atoms with E-state index in [-0.39, 0.29) is 17.8 Å². The van der Waals surface area contributed by atoms with E-state index in [1.807, 2.05) is 72.8 Å². The maximum atomic E-state index is 13.1. The average molecular weight is 428 g/mol. The number of para-hydroxylation sites is 1. The lowest BCUT2D eigenvalue weighted by Crippen LogP contribution is -2.37. The number of hydrogen-bond acceptors (Lipinski definition) is 5. The summed E-state index contributed by atoms with van der Waals surface area (Å²) in [4.78, 5) is 20.0.